The second-order valence-corrected chi connectivity index (χ2v) is 4.63. The highest BCUT2D eigenvalue weighted by atomic mass is 19.1. The Morgan fingerprint density at radius 1 is 1.05 bits per heavy atom. The summed E-state index contributed by atoms with van der Waals surface area (Å²) in [5, 5.41) is 3.06. The highest BCUT2D eigenvalue weighted by Gasteiger charge is 2.11. The summed E-state index contributed by atoms with van der Waals surface area (Å²) in [5.74, 6) is 0.565. The molecule has 0 aliphatic carbocycles. The van der Waals surface area contributed by atoms with Gasteiger partial charge in [-0.2, -0.15) is 0 Å². The van der Waals surface area contributed by atoms with Crippen molar-refractivity contribution in [1.82, 2.24) is 5.32 Å². The highest BCUT2D eigenvalue weighted by Crippen LogP contribution is 2.17. The Balaban J connectivity index is 1.83. The van der Waals surface area contributed by atoms with Gasteiger partial charge in [-0.15, -0.1) is 0 Å². The molecule has 2 aromatic rings. The van der Waals surface area contributed by atoms with Crippen molar-refractivity contribution in [1.29, 1.82) is 0 Å². The molecular formula is C17H20FNO2. The largest absolute Gasteiger partial charge is 0.491 e. The van der Waals surface area contributed by atoms with Crippen molar-refractivity contribution in [2.45, 2.75) is 6.10 Å². The Morgan fingerprint density at radius 2 is 1.86 bits per heavy atom. The Labute approximate surface area is 124 Å². The minimum absolute atomic E-state index is 0.190. The van der Waals surface area contributed by atoms with E-state index in [2.05, 4.69) is 5.32 Å². The molecule has 0 amide bonds. The number of nitrogens with one attached hydrogen (secondary N) is 1. The van der Waals surface area contributed by atoms with E-state index in [-0.39, 0.29) is 11.9 Å². The molecule has 1 unspecified atom stereocenters. The molecule has 21 heavy (non-hydrogen) atoms. The highest BCUT2D eigenvalue weighted by molar-refractivity contribution is 5.21. The fourth-order valence-electron chi connectivity index (χ4n) is 2.03. The van der Waals surface area contributed by atoms with Gasteiger partial charge in [0.2, 0.25) is 0 Å². The average Bonchev–Trinajstić information content (AvgIpc) is 2.51. The third kappa shape index (κ3) is 5.17. The predicted molar refractivity (Wildman–Crippen MR) is 81.0 cm³/mol. The van der Waals surface area contributed by atoms with Gasteiger partial charge in [-0.3, -0.25) is 0 Å². The van der Waals surface area contributed by atoms with Crippen LogP contribution >= 0.6 is 0 Å². The first-order valence-corrected chi connectivity index (χ1v) is 6.99. The van der Waals surface area contributed by atoms with E-state index in [1.54, 1.807) is 6.07 Å². The minimum atomic E-state index is -0.252. The van der Waals surface area contributed by atoms with Gasteiger partial charge < -0.3 is 14.8 Å². The van der Waals surface area contributed by atoms with Crippen LogP contribution in [0.5, 0.6) is 5.75 Å². The number of halogens is 1. The molecule has 1 atom stereocenters. The maximum Gasteiger partial charge on any atom is 0.123 e. The monoisotopic (exact) mass is 289 g/mol. The standard InChI is InChI=1S/C17H20FNO2/c1-19-13-17(14-6-5-7-15(18)12-14)21-11-10-20-16-8-3-2-4-9-16/h2-9,12,17,19H,10-11,13H2,1H3. The van der Waals surface area contributed by atoms with Gasteiger partial charge in [-0.05, 0) is 36.9 Å². The lowest BCUT2D eigenvalue weighted by atomic mass is 10.1. The number of benzene rings is 2. The van der Waals surface area contributed by atoms with Crippen molar-refractivity contribution in [2.24, 2.45) is 0 Å². The lowest BCUT2D eigenvalue weighted by molar-refractivity contribution is 0.0339. The van der Waals surface area contributed by atoms with Crippen LogP contribution in [0.25, 0.3) is 0 Å². The number of likely N-dealkylation sites (N-methyl/N-ethyl adjacent to an activating group) is 1. The van der Waals surface area contributed by atoms with Crippen molar-refractivity contribution in [3.63, 3.8) is 0 Å². The van der Waals surface area contributed by atoms with Gasteiger partial charge in [0.1, 0.15) is 18.2 Å². The molecule has 0 radical (unpaired) electrons. The van der Waals surface area contributed by atoms with Crippen LogP contribution in [0.15, 0.2) is 54.6 Å². The second-order valence-electron chi connectivity index (χ2n) is 4.63. The number of rotatable bonds is 8. The predicted octanol–water partition coefficient (Wildman–Crippen LogP) is 3.18. The molecule has 112 valence electrons. The zero-order chi connectivity index (χ0) is 14.9. The zero-order valence-electron chi connectivity index (χ0n) is 12.1. The lowest BCUT2D eigenvalue weighted by Crippen LogP contribution is -2.21. The minimum Gasteiger partial charge on any atom is -0.491 e. The lowest BCUT2D eigenvalue weighted by Gasteiger charge is -2.18. The van der Waals surface area contributed by atoms with Crippen LogP contribution in [-0.4, -0.2) is 26.8 Å². The maximum absolute atomic E-state index is 13.3. The van der Waals surface area contributed by atoms with Crippen LogP contribution in [0.2, 0.25) is 0 Å². The molecule has 3 nitrogen and oxygen atoms in total. The molecule has 1 N–H and O–H groups in total. The van der Waals surface area contributed by atoms with E-state index in [0.717, 1.165) is 11.3 Å². The van der Waals surface area contributed by atoms with Gasteiger partial charge >= 0.3 is 0 Å². The number of hydrogen-bond donors (Lipinski definition) is 1. The van der Waals surface area contributed by atoms with E-state index in [9.17, 15) is 4.39 Å². The van der Waals surface area contributed by atoms with Gasteiger partial charge in [0, 0.05) is 6.54 Å². The summed E-state index contributed by atoms with van der Waals surface area (Å²) in [6.07, 6.45) is -0.190. The van der Waals surface area contributed by atoms with Crippen LogP contribution in [0.4, 0.5) is 4.39 Å². The van der Waals surface area contributed by atoms with Gasteiger partial charge in [0.15, 0.2) is 0 Å². The van der Waals surface area contributed by atoms with E-state index in [1.807, 2.05) is 43.4 Å². The molecule has 0 bridgehead atoms. The molecule has 0 spiro atoms. The van der Waals surface area contributed by atoms with Crippen molar-refractivity contribution >= 4 is 0 Å². The molecular weight excluding hydrogens is 269 g/mol. The van der Waals surface area contributed by atoms with E-state index in [1.165, 1.54) is 12.1 Å². The summed E-state index contributed by atoms with van der Waals surface area (Å²) in [7, 11) is 1.84. The summed E-state index contributed by atoms with van der Waals surface area (Å²) in [5.41, 5.74) is 0.823. The summed E-state index contributed by atoms with van der Waals surface area (Å²) in [4.78, 5) is 0. The average molecular weight is 289 g/mol. The van der Waals surface area contributed by atoms with Gasteiger partial charge in [0.05, 0.1) is 12.7 Å². The van der Waals surface area contributed by atoms with Crippen LogP contribution in [-0.2, 0) is 4.74 Å². The first-order chi connectivity index (χ1) is 10.3. The van der Waals surface area contributed by atoms with Crippen LogP contribution in [0.1, 0.15) is 11.7 Å². The van der Waals surface area contributed by atoms with E-state index >= 15 is 0 Å². The molecule has 0 fully saturated rings. The summed E-state index contributed by atoms with van der Waals surface area (Å²) in [6, 6.07) is 16.1. The van der Waals surface area contributed by atoms with Crippen molar-refractivity contribution < 1.29 is 13.9 Å². The maximum atomic E-state index is 13.3. The normalized spacial score (nSPS) is 12.1. The van der Waals surface area contributed by atoms with Gasteiger partial charge in [-0.1, -0.05) is 30.3 Å². The van der Waals surface area contributed by atoms with Crippen molar-refractivity contribution in [3.05, 3.63) is 66.0 Å². The molecule has 4 heteroatoms. The topological polar surface area (TPSA) is 30.5 Å². The SMILES string of the molecule is CNCC(OCCOc1ccccc1)c1cccc(F)c1. The van der Waals surface area contributed by atoms with E-state index < -0.39 is 0 Å². The molecule has 0 aliphatic rings. The summed E-state index contributed by atoms with van der Waals surface area (Å²) in [6.45, 7) is 1.52. The molecule has 0 heterocycles. The van der Waals surface area contributed by atoms with E-state index in [4.69, 9.17) is 9.47 Å². The Morgan fingerprint density at radius 3 is 2.57 bits per heavy atom. The van der Waals surface area contributed by atoms with Crippen LogP contribution in [0, 0.1) is 5.82 Å². The van der Waals surface area contributed by atoms with Crippen LogP contribution in [0.3, 0.4) is 0 Å². The molecule has 2 rings (SSSR count). The number of para-hydroxylation sites is 1. The van der Waals surface area contributed by atoms with Crippen molar-refractivity contribution in [3.8, 4) is 5.75 Å². The number of hydrogen-bond acceptors (Lipinski definition) is 3. The second kappa shape index (κ2) is 8.39. The molecule has 0 aromatic heterocycles. The first-order valence-electron chi connectivity index (χ1n) is 6.99. The Hall–Kier alpha value is -1.91. The first kappa shape index (κ1) is 15.5. The fraction of sp³-hybridized carbons (Fsp3) is 0.294. The molecule has 0 saturated carbocycles. The Kier molecular flexibility index (Phi) is 6.19. The zero-order valence-corrected chi connectivity index (χ0v) is 12.1. The van der Waals surface area contributed by atoms with Crippen molar-refractivity contribution in [2.75, 3.05) is 26.8 Å². The Bertz CT molecular complexity index is 533. The smallest absolute Gasteiger partial charge is 0.123 e. The quantitative estimate of drug-likeness (QED) is 0.757. The van der Waals surface area contributed by atoms with E-state index in [0.29, 0.717) is 19.8 Å². The fourth-order valence-corrected chi connectivity index (χ4v) is 2.03. The van der Waals surface area contributed by atoms with Crippen LogP contribution < -0.4 is 10.1 Å². The molecule has 0 saturated heterocycles. The molecule has 2 aromatic carbocycles. The third-order valence-corrected chi connectivity index (χ3v) is 3.02. The van der Waals surface area contributed by atoms with Gasteiger partial charge in [0.25, 0.3) is 0 Å². The summed E-state index contributed by atoms with van der Waals surface area (Å²) >= 11 is 0. The van der Waals surface area contributed by atoms with Gasteiger partial charge in [-0.25, -0.2) is 4.39 Å². The third-order valence-electron chi connectivity index (χ3n) is 3.02. The molecule has 0 aliphatic heterocycles. The number of ether oxygens (including phenoxy) is 2. The summed E-state index contributed by atoms with van der Waals surface area (Å²) < 4.78 is 24.6.